The second-order valence-corrected chi connectivity index (χ2v) is 3.07. The Bertz CT molecular complexity index is 224. The van der Waals surface area contributed by atoms with Gasteiger partial charge in [0.25, 0.3) is 0 Å². The van der Waals surface area contributed by atoms with Crippen molar-refractivity contribution in [3.05, 3.63) is 30.1 Å². The molecular formula is C6H8NO2P. The summed E-state index contributed by atoms with van der Waals surface area (Å²) in [4.78, 5) is 12.3. The topological polar surface area (TPSA) is 50.2 Å². The van der Waals surface area contributed by atoms with E-state index in [1.165, 1.54) is 0 Å². The van der Waals surface area contributed by atoms with Gasteiger partial charge in [0.1, 0.15) is 0 Å². The number of nitrogens with zero attached hydrogens (tertiary/aromatic N) is 1. The quantitative estimate of drug-likeness (QED) is 0.652. The number of pyridine rings is 1. The third-order valence-corrected chi connectivity index (χ3v) is 1.79. The summed E-state index contributed by atoms with van der Waals surface area (Å²) in [6, 6.07) is 3.53. The summed E-state index contributed by atoms with van der Waals surface area (Å²) in [5.41, 5.74) is 0.814. The van der Waals surface area contributed by atoms with Crippen molar-refractivity contribution in [2.45, 2.75) is 6.16 Å². The summed E-state index contributed by atoms with van der Waals surface area (Å²) in [6.45, 7) is 0. The van der Waals surface area contributed by atoms with E-state index in [1.54, 1.807) is 24.5 Å². The highest BCUT2D eigenvalue weighted by atomic mass is 31.1. The minimum Gasteiger partial charge on any atom is -0.346 e. The molecule has 0 amide bonds. The Morgan fingerprint density at radius 2 is 2.50 bits per heavy atom. The second-order valence-electron chi connectivity index (χ2n) is 1.93. The molecule has 0 spiro atoms. The van der Waals surface area contributed by atoms with Gasteiger partial charge < -0.3 is 4.89 Å². The zero-order valence-electron chi connectivity index (χ0n) is 5.32. The molecule has 0 aromatic carbocycles. The van der Waals surface area contributed by atoms with Gasteiger partial charge in [-0.05, 0) is 11.6 Å². The van der Waals surface area contributed by atoms with E-state index < -0.39 is 8.03 Å². The fourth-order valence-corrected chi connectivity index (χ4v) is 1.24. The molecule has 0 radical (unpaired) electrons. The van der Waals surface area contributed by atoms with E-state index in [0.717, 1.165) is 5.56 Å². The summed E-state index contributed by atoms with van der Waals surface area (Å²) < 4.78 is 10.3. The molecule has 1 atom stereocenters. The molecule has 0 saturated carbocycles. The van der Waals surface area contributed by atoms with Gasteiger partial charge in [0, 0.05) is 18.6 Å². The number of hydrogen-bond donors (Lipinski definition) is 1. The minimum atomic E-state index is -2.38. The lowest BCUT2D eigenvalue weighted by atomic mass is 10.3. The van der Waals surface area contributed by atoms with Crippen molar-refractivity contribution in [3.8, 4) is 0 Å². The van der Waals surface area contributed by atoms with Crippen LogP contribution in [0.25, 0.3) is 0 Å². The van der Waals surface area contributed by atoms with Gasteiger partial charge >= 0.3 is 0 Å². The highest BCUT2D eigenvalue weighted by Gasteiger charge is 1.94. The van der Waals surface area contributed by atoms with Gasteiger partial charge in [-0.15, -0.1) is 0 Å². The lowest BCUT2D eigenvalue weighted by Gasteiger charge is -1.93. The maximum atomic E-state index is 10.3. The Balaban J connectivity index is 2.67. The van der Waals surface area contributed by atoms with E-state index in [-0.39, 0.29) is 6.16 Å². The van der Waals surface area contributed by atoms with Gasteiger partial charge in [0.05, 0.1) is 0 Å². The minimum absolute atomic E-state index is 0.235. The van der Waals surface area contributed by atoms with Crippen LogP contribution in [0.15, 0.2) is 24.5 Å². The van der Waals surface area contributed by atoms with Gasteiger partial charge in [-0.2, -0.15) is 0 Å². The fraction of sp³-hybridized carbons (Fsp3) is 0.167. The highest BCUT2D eigenvalue weighted by Crippen LogP contribution is 2.19. The molecule has 1 N–H and O–H groups in total. The Labute approximate surface area is 59.6 Å². The molecule has 1 aromatic rings. The van der Waals surface area contributed by atoms with Gasteiger partial charge in [-0.1, -0.05) is 6.07 Å². The van der Waals surface area contributed by atoms with Crippen molar-refractivity contribution >= 4 is 8.03 Å². The van der Waals surface area contributed by atoms with Crippen LogP contribution in [0.5, 0.6) is 0 Å². The molecule has 0 aliphatic heterocycles. The number of aromatic nitrogens is 1. The zero-order valence-corrected chi connectivity index (χ0v) is 6.32. The number of hydrogen-bond acceptors (Lipinski definition) is 2. The Kier molecular flexibility index (Phi) is 2.60. The van der Waals surface area contributed by atoms with Gasteiger partial charge in [-0.25, -0.2) is 0 Å². The van der Waals surface area contributed by atoms with Crippen LogP contribution in [0.2, 0.25) is 0 Å². The largest absolute Gasteiger partial charge is 0.346 e. The lowest BCUT2D eigenvalue weighted by molar-refractivity contribution is 0.502. The van der Waals surface area contributed by atoms with Crippen molar-refractivity contribution in [2.24, 2.45) is 0 Å². The smallest absolute Gasteiger partial charge is 0.193 e. The molecule has 1 unspecified atom stereocenters. The zero-order chi connectivity index (χ0) is 7.40. The Morgan fingerprint density at radius 3 is 3.00 bits per heavy atom. The second kappa shape index (κ2) is 3.49. The third kappa shape index (κ3) is 2.29. The monoisotopic (exact) mass is 157 g/mol. The van der Waals surface area contributed by atoms with Crippen LogP contribution in [-0.2, 0) is 10.7 Å². The fourth-order valence-electron chi connectivity index (χ4n) is 0.677. The molecule has 1 rings (SSSR count). The molecule has 1 aromatic heterocycles. The molecule has 0 aliphatic carbocycles. The summed E-state index contributed by atoms with van der Waals surface area (Å²) in [5.74, 6) is 0. The van der Waals surface area contributed by atoms with Crippen molar-refractivity contribution in [1.29, 1.82) is 0 Å². The third-order valence-electron chi connectivity index (χ3n) is 1.08. The normalized spacial score (nSPS) is 12.9. The average molecular weight is 157 g/mol. The van der Waals surface area contributed by atoms with Crippen LogP contribution in [0.4, 0.5) is 0 Å². The van der Waals surface area contributed by atoms with Crippen molar-refractivity contribution < 1.29 is 9.46 Å². The molecule has 0 bridgehead atoms. The maximum Gasteiger partial charge on any atom is 0.193 e. The SMILES string of the molecule is O=[PH](O)Cc1cccnc1. The van der Waals surface area contributed by atoms with Crippen LogP contribution >= 0.6 is 8.03 Å². The first-order valence-corrected chi connectivity index (χ1v) is 4.46. The summed E-state index contributed by atoms with van der Waals surface area (Å²) in [6.07, 6.45) is 3.47. The summed E-state index contributed by atoms with van der Waals surface area (Å²) in [5, 5.41) is 0. The molecule has 54 valence electrons. The first-order chi connectivity index (χ1) is 4.79. The predicted molar refractivity (Wildman–Crippen MR) is 39.2 cm³/mol. The molecule has 0 saturated heterocycles. The van der Waals surface area contributed by atoms with Crippen LogP contribution < -0.4 is 0 Å². The van der Waals surface area contributed by atoms with Crippen molar-refractivity contribution in [2.75, 3.05) is 0 Å². The van der Waals surface area contributed by atoms with Crippen LogP contribution in [-0.4, -0.2) is 9.88 Å². The van der Waals surface area contributed by atoms with Crippen molar-refractivity contribution in [3.63, 3.8) is 0 Å². The molecule has 0 aliphatic rings. The van der Waals surface area contributed by atoms with E-state index in [2.05, 4.69) is 4.98 Å². The van der Waals surface area contributed by atoms with E-state index in [9.17, 15) is 4.57 Å². The van der Waals surface area contributed by atoms with Crippen LogP contribution in [0.3, 0.4) is 0 Å². The molecule has 3 nitrogen and oxygen atoms in total. The van der Waals surface area contributed by atoms with Crippen LogP contribution in [0.1, 0.15) is 5.56 Å². The van der Waals surface area contributed by atoms with E-state index >= 15 is 0 Å². The molecular weight excluding hydrogens is 149 g/mol. The van der Waals surface area contributed by atoms with Gasteiger partial charge in [0.2, 0.25) is 0 Å². The first-order valence-electron chi connectivity index (χ1n) is 2.90. The van der Waals surface area contributed by atoms with Gasteiger partial charge in [0.15, 0.2) is 8.03 Å². The van der Waals surface area contributed by atoms with Gasteiger partial charge in [-0.3, -0.25) is 9.55 Å². The molecule has 10 heavy (non-hydrogen) atoms. The van der Waals surface area contributed by atoms with Crippen molar-refractivity contribution in [1.82, 2.24) is 4.98 Å². The average Bonchev–Trinajstić information content (AvgIpc) is 1.88. The van der Waals surface area contributed by atoms with E-state index in [4.69, 9.17) is 4.89 Å². The van der Waals surface area contributed by atoms with Crippen LogP contribution in [0, 0.1) is 0 Å². The predicted octanol–water partition coefficient (Wildman–Crippen LogP) is 1.05. The summed E-state index contributed by atoms with van der Waals surface area (Å²) in [7, 11) is -2.38. The molecule has 4 heteroatoms. The molecule has 0 fully saturated rings. The highest BCUT2D eigenvalue weighted by molar-refractivity contribution is 7.37. The maximum absolute atomic E-state index is 10.3. The number of rotatable bonds is 2. The summed E-state index contributed by atoms with van der Waals surface area (Å²) >= 11 is 0. The van der Waals surface area contributed by atoms with E-state index in [1.807, 2.05) is 0 Å². The first kappa shape index (κ1) is 7.45. The Hall–Kier alpha value is -0.660. The van der Waals surface area contributed by atoms with E-state index in [0.29, 0.717) is 0 Å². The lowest BCUT2D eigenvalue weighted by Crippen LogP contribution is -1.79. The Morgan fingerprint density at radius 1 is 1.70 bits per heavy atom. The standard InChI is InChI=1S/C6H8NO2P/c8-10(9)5-6-2-1-3-7-4-6/h1-4,10H,5H2,(H,8,9). The molecule has 1 heterocycles.